The summed E-state index contributed by atoms with van der Waals surface area (Å²) in [4.78, 5) is 33.0. The first-order chi connectivity index (χ1) is 9.74. The van der Waals surface area contributed by atoms with Crippen LogP contribution in [-0.2, 0) is 19.1 Å². The molecule has 0 unspecified atom stereocenters. The number of rotatable bonds is 3. The molecule has 0 aliphatic carbocycles. The first-order valence-corrected chi connectivity index (χ1v) is 5.70. The van der Waals surface area contributed by atoms with E-state index < -0.39 is 24.0 Å². The fourth-order valence-electron chi connectivity index (χ4n) is 1.22. The van der Waals surface area contributed by atoms with Crippen molar-refractivity contribution < 1.29 is 32.3 Å². The molecule has 2 N–H and O–H groups in total. The lowest BCUT2D eigenvalue weighted by Crippen LogP contribution is -2.29. The minimum Gasteiger partial charge on any atom is -0.459 e. The number of carbonyl (C=O) groups excluding carboxylic acids is 3. The van der Waals surface area contributed by atoms with Crippen molar-refractivity contribution in [1.82, 2.24) is 0 Å². The van der Waals surface area contributed by atoms with Crippen molar-refractivity contribution in [2.75, 3.05) is 17.2 Å². The fourth-order valence-corrected chi connectivity index (χ4v) is 1.22. The standard InChI is InChI=1S/C12H11F3N2O4/c1-2-21-10(19)9(18)16-7-3-5-8(6-4-7)17-11(20)12(13,14)15/h3-6H,2H2,1H3,(H,16,18)(H,17,20). The molecule has 0 bridgehead atoms. The van der Waals surface area contributed by atoms with Gasteiger partial charge in [-0.2, -0.15) is 13.2 Å². The lowest BCUT2D eigenvalue weighted by atomic mass is 10.2. The lowest BCUT2D eigenvalue weighted by molar-refractivity contribution is -0.167. The number of anilines is 2. The summed E-state index contributed by atoms with van der Waals surface area (Å²) in [5, 5.41) is 3.83. The topological polar surface area (TPSA) is 84.5 Å². The number of hydrogen-bond acceptors (Lipinski definition) is 4. The molecule has 1 aromatic rings. The largest absolute Gasteiger partial charge is 0.471 e. The highest BCUT2D eigenvalue weighted by Gasteiger charge is 2.38. The van der Waals surface area contributed by atoms with Crippen molar-refractivity contribution in [2.24, 2.45) is 0 Å². The molecule has 0 aromatic heterocycles. The Labute approximate surface area is 117 Å². The van der Waals surface area contributed by atoms with E-state index in [1.54, 1.807) is 5.32 Å². The maximum absolute atomic E-state index is 12.0. The van der Waals surface area contributed by atoms with E-state index >= 15 is 0 Å². The van der Waals surface area contributed by atoms with Crippen LogP contribution in [0.2, 0.25) is 0 Å². The molecule has 0 atom stereocenters. The summed E-state index contributed by atoms with van der Waals surface area (Å²) >= 11 is 0. The fraction of sp³-hybridized carbons (Fsp3) is 0.250. The van der Waals surface area contributed by atoms with Gasteiger partial charge in [-0.1, -0.05) is 0 Å². The first kappa shape index (κ1) is 16.5. The van der Waals surface area contributed by atoms with Crippen LogP contribution in [0, 0.1) is 0 Å². The molecule has 21 heavy (non-hydrogen) atoms. The van der Waals surface area contributed by atoms with Crippen molar-refractivity contribution in [3.63, 3.8) is 0 Å². The summed E-state index contributed by atoms with van der Waals surface area (Å²) in [6.45, 7) is 1.57. The van der Waals surface area contributed by atoms with Crippen LogP contribution in [-0.4, -0.2) is 30.6 Å². The summed E-state index contributed by atoms with van der Waals surface area (Å²) in [6, 6.07) is 4.74. The highest BCUT2D eigenvalue weighted by atomic mass is 19.4. The third-order valence-corrected chi connectivity index (χ3v) is 2.12. The number of nitrogens with one attached hydrogen (secondary N) is 2. The van der Waals surface area contributed by atoms with Gasteiger partial charge in [-0.3, -0.25) is 9.59 Å². The third kappa shape index (κ3) is 5.13. The Hall–Kier alpha value is -2.58. The normalized spacial score (nSPS) is 10.7. The molecule has 0 heterocycles. The van der Waals surface area contributed by atoms with Gasteiger partial charge in [0.2, 0.25) is 0 Å². The molecule has 0 saturated heterocycles. The summed E-state index contributed by atoms with van der Waals surface area (Å²) in [5.41, 5.74) is 0.0597. The van der Waals surface area contributed by atoms with Gasteiger partial charge in [0, 0.05) is 11.4 Å². The van der Waals surface area contributed by atoms with Crippen LogP contribution >= 0.6 is 0 Å². The SMILES string of the molecule is CCOC(=O)C(=O)Nc1ccc(NC(=O)C(F)(F)F)cc1. The average Bonchev–Trinajstić information content (AvgIpc) is 2.40. The predicted octanol–water partition coefficient (Wildman–Crippen LogP) is 1.69. The second kappa shape index (κ2) is 6.73. The van der Waals surface area contributed by atoms with E-state index in [2.05, 4.69) is 10.1 Å². The molecule has 0 aliphatic heterocycles. The van der Waals surface area contributed by atoms with Crippen LogP contribution < -0.4 is 10.6 Å². The van der Waals surface area contributed by atoms with Gasteiger partial charge in [-0.05, 0) is 31.2 Å². The van der Waals surface area contributed by atoms with Crippen LogP contribution in [0.5, 0.6) is 0 Å². The predicted molar refractivity (Wildman–Crippen MR) is 66.4 cm³/mol. The molecule has 114 valence electrons. The zero-order valence-corrected chi connectivity index (χ0v) is 10.8. The molecule has 1 rings (SSSR count). The molecule has 0 aliphatic rings. The summed E-state index contributed by atoms with van der Waals surface area (Å²) in [7, 11) is 0. The van der Waals surface area contributed by atoms with E-state index in [-0.39, 0.29) is 18.0 Å². The number of benzene rings is 1. The molecule has 9 heteroatoms. The summed E-state index contributed by atoms with van der Waals surface area (Å²) < 4.78 is 40.5. The van der Waals surface area contributed by atoms with E-state index in [0.717, 1.165) is 12.1 Å². The minimum atomic E-state index is -4.99. The average molecular weight is 304 g/mol. The van der Waals surface area contributed by atoms with Gasteiger partial charge in [0.05, 0.1) is 6.61 Å². The summed E-state index contributed by atoms with van der Waals surface area (Å²) in [5.74, 6) is -4.19. The molecule has 6 nitrogen and oxygen atoms in total. The molecule has 0 saturated carbocycles. The van der Waals surface area contributed by atoms with Crippen molar-refractivity contribution in [2.45, 2.75) is 13.1 Å². The maximum Gasteiger partial charge on any atom is 0.471 e. The first-order valence-electron chi connectivity index (χ1n) is 5.70. The Morgan fingerprint density at radius 1 is 1.05 bits per heavy atom. The molecule has 0 fully saturated rings. The van der Waals surface area contributed by atoms with Crippen molar-refractivity contribution in [3.05, 3.63) is 24.3 Å². The van der Waals surface area contributed by atoms with Gasteiger partial charge in [-0.15, -0.1) is 0 Å². The summed E-state index contributed by atoms with van der Waals surface area (Å²) in [6.07, 6.45) is -4.99. The Kier molecular flexibility index (Phi) is 5.28. The van der Waals surface area contributed by atoms with E-state index in [1.165, 1.54) is 19.1 Å². The van der Waals surface area contributed by atoms with Crippen molar-refractivity contribution in [1.29, 1.82) is 0 Å². The highest BCUT2D eigenvalue weighted by molar-refractivity contribution is 6.37. The Balaban J connectivity index is 2.64. The Morgan fingerprint density at radius 3 is 1.95 bits per heavy atom. The zero-order valence-electron chi connectivity index (χ0n) is 10.8. The van der Waals surface area contributed by atoms with E-state index in [1.807, 2.05) is 0 Å². The molecule has 2 amide bonds. The van der Waals surface area contributed by atoms with E-state index in [9.17, 15) is 27.6 Å². The van der Waals surface area contributed by atoms with Crippen LogP contribution in [0.25, 0.3) is 0 Å². The van der Waals surface area contributed by atoms with Crippen LogP contribution in [0.3, 0.4) is 0 Å². The van der Waals surface area contributed by atoms with Gasteiger partial charge < -0.3 is 15.4 Å². The number of alkyl halides is 3. The monoisotopic (exact) mass is 304 g/mol. The number of amides is 2. The van der Waals surface area contributed by atoms with Crippen LogP contribution in [0.1, 0.15) is 6.92 Å². The van der Waals surface area contributed by atoms with Crippen LogP contribution in [0.4, 0.5) is 24.5 Å². The quantitative estimate of drug-likeness (QED) is 0.657. The Morgan fingerprint density at radius 2 is 1.52 bits per heavy atom. The van der Waals surface area contributed by atoms with Crippen molar-refractivity contribution in [3.8, 4) is 0 Å². The minimum absolute atomic E-state index is 0.0364. The van der Waals surface area contributed by atoms with Gasteiger partial charge in [-0.25, -0.2) is 4.79 Å². The highest BCUT2D eigenvalue weighted by Crippen LogP contribution is 2.19. The van der Waals surface area contributed by atoms with Gasteiger partial charge in [0.1, 0.15) is 0 Å². The van der Waals surface area contributed by atoms with E-state index in [4.69, 9.17) is 0 Å². The number of esters is 1. The number of hydrogen-bond donors (Lipinski definition) is 2. The zero-order chi connectivity index (χ0) is 16.0. The molecular formula is C12H11F3N2O4. The van der Waals surface area contributed by atoms with Crippen LogP contribution in [0.15, 0.2) is 24.3 Å². The van der Waals surface area contributed by atoms with Gasteiger partial charge >= 0.3 is 24.0 Å². The molecule has 0 radical (unpaired) electrons. The second-order valence-corrected chi connectivity index (χ2v) is 3.70. The van der Waals surface area contributed by atoms with E-state index in [0.29, 0.717) is 0 Å². The maximum atomic E-state index is 12.0. The second-order valence-electron chi connectivity index (χ2n) is 3.70. The smallest absolute Gasteiger partial charge is 0.459 e. The number of halogens is 3. The lowest BCUT2D eigenvalue weighted by Gasteiger charge is -2.09. The number of ether oxygens (including phenoxy) is 1. The Bertz CT molecular complexity index is 540. The molecule has 0 spiro atoms. The van der Waals surface area contributed by atoms with Gasteiger partial charge in [0.25, 0.3) is 0 Å². The third-order valence-electron chi connectivity index (χ3n) is 2.12. The number of carbonyl (C=O) groups is 3. The molecular weight excluding hydrogens is 293 g/mol. The van der Waals surface area contributed by atoms with Gasteiger partial charge in [0.15, 0.2) is 0 Å². The molecule has 1 aromatic carbocycles. The van der Waals surface area contributed by atoms with Crippen molar-refractivity contribution >= 4 is 29.2 Å².